The fourth-order valence-corrected chi connectivity index (χ4v) is 3.40. The fourth-order valence-electron chi connectivity index (χ4n) is 2.60. The lowest BCUT2D eigenvalue weighted by Crippen LogP contribution is -2.24. The molecule has 0 saturated heterocycles. The number of carbonyl (C=O) groups is 1. The molecule has 0 atom stereocenters. The van der Waals surface area contributed by atoms with Gasteiger partial charge in [-0.3, -0.25) is 4.79 Å². The molecule has 1 amide bonds. The van der Waals surface area contributed by atoms with Gasteiger partial charge in [-0.1, -0.05) is 47.5 Å². The summed E-state index contributed by atoms with van der Waals surface area (Å²) in [6.07, 6.45) is 0. The van der Waals surface area contributed by atoms with Gasteiger partial charge in [0.25, 0.3) is 0 Å². The van der Waals surface area contributed by atoms with Gasteiger partial charge in [-0.2, -0.15) is 0 Å². The van der Waals surface area contributed by atoms with Crippen molar-refractivity contribution in [3.8, 4) is 5.75 Å². The maximum Gasteiger partial charge on any atom is 0.230 e. The van der Waals surface area contributed by atoms with Crippen LogP contribution in [0.5, 0.6) is 5.75 Å². The number of amides is 1. The Morgan fingerprint density at radius 1 is 1.12 bits per heavy atom. The van der Waals surface area contributed by atoms with E-state index in [0.29, 0.717) is 18.9 Å². The third kappa shape index (κ3) is 5.93. The summed E-state index contributed by atoms with van der Waals surface area (Å²) in [5.41, 5.74) is 4.81. The van der Waals surface area contributed by atoms with Crippen molar-refractivity contribution in [1.29, 1.82) is 0 Å². The van der Waals surface area contributed by atoms with Crippen LogP contribution in [-0.4, -0.2) is 18.3 Å². The average molecular weight is 343 g/mol. The molecule has 0 aromatic heterocycles. The van der Waals surface area contributed by atoms with Gasteiger partial charge in [0.1, 0.15) is 5.75 Å². The van der Waals surface area contributed by atoms with Gasteiger partial charge in [-0.25, -0.2) is 0 Å². The molecule has 0 bridgehead atoms. The van der Waals surface area contributed by atoms with Crippen LogP contribution >= 0.6 is 11.8 Å². The number of hydrogen-bond donors (Lipinski definition) is 1. The first-order valence-corrected chi connectivity index (χ1v) is 9.36. The zero-order valence-corrected chi connectivity index (χ0v) is 15.4. The topological polar surface area (TPSA) is 38.3 Å². The molecule has 0 unspecified atom stereocenters. The Morgan fingerprint density at radius 3 is 2.54 bits per heavy atom. The summed E-state index contributed by atoms with van der Waals surface area (Å²) >= 11 is 1.64. The third-order valence-electron chi connectivity index (χ3n) is 3.53. The molecular formula is C20H25NO2S. The molecule has 0 fully saturated rings. The molecule has 3 nitrogen and oxygen atoms in total. The highest BCUT2D eigenvalue weighted by Gasteiger charge is 2.06. The molecule has 0 radical (unpaired) electrons. The normalized spacial score (nSPS) is 10.5. The van der Waals surface area contributed by atoms with Gasteiger partial charge in [0.15, 0.2) is 0 Å². The lowest BCUT2D eigenvalue weighted by molar-refractivity contribution is -0.118. The molecule has 4 heteroatoms. The SMILES string of the molecule is CCOc1ccccc1CNC(=O)CSCc1cc(C)cc(C)c1. The largest absolute Gasteiger partial charge is 0.494 e. The van der Waals surface area contributed by atoms with Gasteiger partial charge in [0.2, 0.25) is 5.91 Å². The Labute approximate surface area is 148 Å². The quantitative estimate of drug-likeness (QED) is 0.778. The second-order valence-electron chi connectivity index (χ2n) is 5.81. The van der Waals surface area contributed by atoms with Crippen LogP contribution in [0.3, 0.4) is 0 Å². The van der Waals surface area contributed by atoms with E-state index in [-0.39, 0.29) is 5.91 Å². The van der Waals surface area contributed by atoms with E-state index in [9.17, 15) is 4.79 Å². The number of nitrogens with one attached hydrogen (secondary N) is 1. The Bertz CT molecular complexity index is 665. The minimum absolute atomic E-state index is 0.0516. The van der Waals surface area contributed by atoms with Gasteiger partial charge in [0.05, 0.1) is 12.4 Å². The standard InChI is InChI=1S/C20H25NO2S/c1-4-23-19-8-6-5-7-18(19)12-21-20(22)14-24-13-17-10-15(2)9-16(3)11-17/h5-11H,4,12-14H2,1-3H3,(H,21,22). The minimum Gasteiger partial charge on any atom is -0.494 e. The van der Waals surface area contributed by atoms with E-state index >= 15 is 0 Å². The summed E-state index contributed by atoms with van der Waals surface area (Å²) in [7, 11) is 0. The van der Waals surface area contributed by atoms with Crippen LogP contribution in [0.2, 0.25) is 0 Å². The molecule has 2 rings (SSSR count). The molecule has 1 N–H and O–H groups in total. The second-order valence-corrected chi connectivity index (χ2v) is 6.79. The molecule has 24 heavy (non-hydrogen) atoms. The van der Waals surface area contributed by atoms with Crippen molar-refractivity contribution in [2.24, 2.45) is 0 Å². The number of aryl methyl sites for hydroxylation is 2. The predicted octanol–water partition coefficient (Wildman–Crippen LogP) is 4.25. The summed E-state index contributed by atoms with van der Waals surface area (Å²) in [4.78, 5) is 12.0. The Balaban J connectivity index is 1.77. The van der Waals surface area contributed by atoms with Crippen LogP contribution in [0.4, 0.5) is 0 Å². The van der Waals surface area contributed by atoms with Gasteiger partial charge in [-0.15, -0.1) is 11.8 Å². The van der Waals surface area contributed by atoms with Crippen molar-refractivity contribution in [1.82, 2.24) is 5.32 Å². The van der Waals surface area contributed by atoms with E-state index in [1.54, 1.807) is 11.8 Å². The van der Waals surface area contributed by atoms with Crippen LogP contribution in [0.15, 0.2) is 42.5 Å². The Morgan fingerprint density at radius 2 is 1.83 bits per heavy atom. The fraction of sp³-hybridized carbons (Fsp3) is 0.350. The van der Waals surface area contributed by atoms with Crippen LogP contribution < -0.4 is 10.1 Å². The minimum atomic E-state index is 0.0516. The Hall–Kier alpha value is -1.94. The number of benzene rings is 2. The number of para-hydroxylation sites is 1. The van der Waals surface area contributed by atoms with Crippen molar-refractivity contribution < 1.29 is 9.53 Å². The molecule has 2 aromatic rings. The van der Waals surface area contributed by atoms with E-state index in [0.717, 1.165) is 17.1 Å². The monoisotopic (exact) mass is 343 g/mol. The molecule has 2 aromatic carbocycles. The van der Waals surface area contributed by atoms with Gasteiger partial charge < -0.3 is 10.1 Å². The highest BCUT2D eigenvalue weighted by Crippen LogP contribution is 2.18. The predicted molar refractivity (Wildman–Crippen MR) is 102 cm³/mol. The van der Waals surface area contributed by atoms with Crippen molar-refractivity contribution in [2.45, 2.75) is 33.1 Å². The van der Waals surface area contributed by atoms with E-state index < -0.39 is 0 Å². The lowest BCUT2D eigenvalue weighted by Gasteiger charge is -2.11. The molecule has 128 valence electrons. The first kappa shape index (κ1) is 18.4. The Kier molecular flexibility index (Phi) is 7.19. The average Bonchev–Trinajstić information content (AvgIpc) is 2.53. The number of carbonyl (C=O) groups excluding carboxylic acids is 1. The maximum absolute atomic E-state index is 12.0. The summed E-state index contributed by atoms with van der Waals surface area (Å²) in [6, 6.07) is 14.3. The third-order valence-corrected chi connectivity index (χ3v) is 4.54. The van der Waals surface area contributed by atoms with Crippen molar-refractivity contribution >= 4 is 17.7 Å². The van der Waals surface area contributed by atoms with Crippen LogP contribution in [0.1, 0.15) is 29.2 Å². The smallest absolute Gasteiger partial charge is 0.230 e. The first-order valence-electron chi connectivity index (χ1n) is 8.20. The zero-order valence-electron chi connectivity index (χ0n) is 14.6. The van der Waals surface area contributed by atoms with E-state index in [2.05, 4.69) is 37.4 Å². The van der Waals surface area contributed by atoms with Gasteiger partial charge >= 0.3 is 0 Å². The molecule has 0 heterocycles. The molecule has 0 spiro atoms. The van der Waals surface area contributed by atoms with Gasteiger partial charge in [0, 0.05) is 17.9 Å². The highest BCUT2D eigenvalue weighted by molar-refractivity contribution is 7.99. The second kappa shape index (κ2) is 9.38. The van der Waals surface area contributed by atoms with Crippen LogP contribution in [0.25, 0.3) is 0 Å². The molecule has 0 aliphatic carbocycles. The molecule has 0 aliphatic rings. The summed E-state index contributed by atoms with van der Waals surface area (Å²) in [6.45, 7) is 7.28. The van der Waals surface area contributed by atoms with E-state index in [1.165, 1.54) is 16.7 Å². The first-order chi connectivity index (χ1) is 11.6. The zero-order chi connectivity index (χ0) is 17.4. The van der Waals surface area contributed by atoms with Gasteiger partial charge in [-0.05, 0) is 32.4 Å². The van der Waals surface area contributed by atoms with Crippen LogP contribution in [-0.2, 0) is 17.1 Å². The number of ether oxygens (including phenoxy) is 1. The lowest BCUT2D eigenvalue weighted by atomic mass is 10.1. The van der Waals surface area contributed by atoms with E-state index in [1.807, 2.05) is 31.2 Å². The molecule has 0 aliphatic heterocycles. The summed E-state index contributed by atoms with van der Waals surface area (Å²) in [5.74, 6) is 2.20. The molecular weight excluding hydrogens is 318 g/mol. The highest BCUT2D eigenvalue weighted by atomic mass is 32.2. The summed E-state index contributed by atoms with van der Waals surface area (Å²) < 4.78 is 5.57. The van der Waals surface area contributed by atoms with Crippen molar-refractivity contribution in [3.05, 3.63) is 64.7 Å². The number of thioether (sulfide) groups is 1. The maximum atomic E-state index is 12.0. The molecule has 0 saturated carbocycles. The van der Waals surface area contributed by atoms with Crippen molar-refractivity contribution in [3.63, 3.8) is 0 Å². The summed E-state index contributed by atoms with van der Waals surface area (Å²) in [5, 5.41) is 2.97. The van der Waals surface area contributed by atoms with E-state index in [4.69, 9.17) is 4.74 Å². The number of rotatable bonds is 8. The van der Waals surface area contributed by atoms with Crippen LogP contribution in [0, 0.1) is 13.8 Å². The van der Waals surface area contributed by atoms with Crippen molar-refractivity contribution in [2.75, 3.05) is 12.4 Å². The number of hydrogen-bond acceptors (Lipinski definition) is 3.